The summed E-state index contributed by atoms with van der Waals surface area (Å²) in [5, 5.41) is 10.3. The molecule has 30 heavy (non-hydrogen) atoms. The minimum absolute atomic E-state index is 0.0461. The molecule has 1 aliphatic rings. The van der Waals surface area contributed by atoms with E-state index in [0.29, 0.717) is 0 Å². The second kappa shape index (κ2) is 7.03. The van der Waals surface area contributed by atoms with Gasteiger partial charge in [-0.25, -0.2) is 4.98 Å². The number of alkyl halides is 2. The Morgan fingerprint density at radius 1 is 1.23 bits per heavy atom. The van der Waals surface area contributed by atoms with Gasteiger partial charge in [0.25, 0.3) is 5.56 Å². The van der Waals surface area contributed by atoms with E-state index < -0.39 is 30.2 Å². The Morgan fingerprint density at radius 3 is 2.63 bits per heavy atom. The van der Waals surface area contributed by atoms with Crippen LogP contribution in [0.1, 0.15) is 24.4 Å². The average molecular weight is 436 g/mol. The molecule has 2 heterocycles. The molecule has 7 nitrogen and oxygen atoms in total. The minimum Gasteiger partial charge on any atom is -0.423 e. The Hall–Kier alpha value is -3.04. The lowest BCUT2D eigenvalue weighted by Crippen LogP contribution is -2.51. The Bertz CT molecular complexity index is 1240. The number of fused-ring (bicyclic) bond motifs is 2. The molecule has 0 saturated heterocycles. The zero-order valence-electron chi connectivity index (χ0n) is 15.9. The molecule has 156 valence electrons. The third-order valence-corrected chi connectivity index (χ3v) is 5.25. The molecule has 3 aromatic rings. The molecule has 0 saturated carbocycles. The molecule has 0 spiro atoms. The van der Waals surface area contributed by atoms with Gasteiger partial charge in [0.1, 0.15) is 5.82 Å². The number of amides is 1. The van der Waals surface area contributed by atoms with Gasteiger partial charge < -0.3 is 9.84 Å². The van der Waals surface area contributed by atoms with Crippen molar-refractivity contribution >= 4 is 34.1 Å². The van der Waals surface area contributed by atoms with Crippen molar-refractivity contribution in [2.45, 2.75) is 25.7 Å². The number of hydrogen-bond acceptors (Lipinski definition) is 5. The van der Waals surface area contributed by atoms with Gasteiger partial charge in [0.15, 0.2) is 5.75 Å². The maximum Gasteiger partial charge on any atom is 0.483 e. The molecule has 10 heteroatoms. The molecule has 0 bridgehead atoms. The maximum absolute atomic E-state index is 14.4. The molecule has 0 radical (unpaired) electrons. The van der Waals surface area contributed by atoms with Crippen molar-refractivity contribution in [2.24, 2.45) is 7.05 Å². The van der Waals surface area contributed by atoms with Crippen LogP contribution in [0.15, 0.2) is 41.2 Å². The highest BCUT2D eigenvalue weighted by Crippen LogP contribution is 2.44. The Balaban J connectivity index is 1.88. The number of benzene rings is 2. The van der Waals surface area contributed by atoms with Crippen LogP contribution in [0.25, 0.3) is 10.9 Å². The van der Waals surface area contributed by atoms with Crippen LogP contribution >= 0.6 is 11.6 Å². The Labute approximate surface area is 174 Å². The number of aliphatic hydroxyl groups excluding tert-OH is 1. The largest absolute Gasteiger partial charge is 0.483 e. The number of anilines is 1. The van der Waals surface area contributed by atoms with Crippen LogP contribution in [0.5, 0.6) is 5.75 Å². The number of para-hydroxylation sites is 1. The molecule has 0 fully saturated rings. The van der Waals surface area contributed by atoms with Crippen molar-refractivity contribution in [1.29, 1.82) is 0 Å². The second-order valence-electron chi connectivity index (χ2n) is 6.91. The minimum atomic E-state index is -4.14. The zero-order chi connectivity index (χ0) is 21.8. The fourth-order valence-electron chi connectivity index (χ4n) is 3.39. The van der Waals surface area contributed by atoms with Crippen molar-refractivity contribution in [3.8, 4) is 5.75 Å². The van der Waals surface area contributed by atoms with Gasteiger partial charge in [0, 0.05) is 12.6 Å². The van der Waals surface area contributed by atoms with E-state index in [2.05, 4.69) is 9.72 Å². The molecular formula is C20H16ClF2N3O4. The van der Waals surface area contributed by atoms with Crippen LogP contribution in [0.4, 0.5) is 14.5 Å². The van der Waals surface area contributed by atoms with Gasteiger partial charge in [-0.15, -0.1) is 0 Å². The average Bonchev–Trinajstić information content (AvgIpc) is 2.68. The Kier molecular flexibility index (Phi) is 4.74. The molecule has 1 N–H and O–H groups in total. The predicted octanol–water partition coefficient (Wildman–Crippen LogP) is 3.16. The maximum atomic E-state index is 14.4. The quantitative estimate of drug-likeness (QED) is 0.683. The van der Waals surface area contributed by atoms with Crippen molar-refractivity contribution in [3.63, 3.8) is 0 Å². The third kappa shape index (κ3) is 3.10. The number of aromatic nitrogens is 2. The lowest BCUT2D eigenvalue weighted by atomic mass is 10.1. The van der Waals surface area contributed by atoms with Crippen LogP contribution in [-0.4, -0.2) is 26.7 Å². The summed E-state index contributed by atoms with van der Waals surface area (Å²) in [5.41, 5.74) is -0.0290. The first-order valence-electron chi connectivity index (χ1n) is 8.95. The van der Waals surface area contributed by atoms with Gasteiger partial charge in [0.2, 0.25) is 0 Å². The van der Waals surface area contributed by atoms with Crippen LogP contribution in [0, 0.1) is 0 Å². The standard InChI is InChI=1S/C20H16ClF2N3O4/c1-10(27)11-5-3-8-14-17(11)30-20(22,23)19(29)26(14)9-15-24-13-7-4-6-12(21)16(13)18(28)25(15)2/h3-8,10,27H,9H2,1-2H3/t10-/m0/s1. The number of nitrogens with zero attached hydrogens (tertiary/aromatic N) is 3. The highest BCUT2D eigenvalue weighted by atomic mass is 35.5. The van der Waals surface area contributed by atoms with Crippen molar-refractivity contribution in [3.05, 3.63) is 63.2 Å². The van der Waals surface area contributed by atoms with Crippen molar-refractivity contribution < 1.29 is 23.4 Å². The van der Waals surface area contributed by atoms with E-state index in [9.17, 15) is 23.5 Å². The van der Waals surface area contributed by atoms with E-state index in [-0.39, 0.29) is 38.8 Å². The first kappa shape index (κ1) is 20.2. The first-order valence-corrected chi connectivity index (χ1v) is 9.33. The van der Waals surface area contributed by atoms with Crippen LogP contribution < -0.4 is 15.2 Å². The highest BCUT2D eigenvalue weighted by Gasteiger charge is 2.51. The molecular weight excluding hydrogens is 420 g/mol. The van der Waals surface area contributed by atoms with E-state index in [4.69, 9.17) is 11.6 Å². The number of ether oxygens (including phenoxy) is 1. The van der Waals surface area contributed by atoms with E-state index in [1.807, 2.05) is 0 Å². The lowest BCUT2D eigenvalue weighted by Gasteiger charge is -2.34. The topological polar surface area (TPSA) is 84.7 Å². The van der Waals surface area contributed by atoms with Gasteiger partial charge in [-0.05, 0) is 25.1 Å². The molecule has 0 aliphatic carbocycles. The number of hydrogen-bond donors (Lipinski definition) is 1. The van der Waals surface area contributed by atoms with E-state index in [0.717, 1.165) is 9.47 Å². The highest BCUT2D eigenvalue weighted by molar-refractivity contribution is 6.35. The summed E-state index contributed by atoms with van der Waals surface area (Å²) < 4.78 is 34.5. The van der Waals surface area contributed by atoms with Gasteiger partial charge in [-0.3, -0.25) is 19.1 Å². The van der Waals surface area contributed by atoms with E-state index >= 15 is 0 Å². The van der Waals surface area contributed by atoms with Gasteiger partial charge >= 0.3 is 12.0 Å². The number of halogens is 3. The second-order valence-corrected chi connectivity index (χ2v) is 7.31. The molecule has 1 aliphatic heterocycles. The van der Waals surface area contributed by atoms with Crippen molar-refractivity contribution in [2.75, 3.05) is 4.90 Å². The normalized spacial score (nSPS) is 16.3. The fraction of sp³-hybridized carbons (Fsp3) is 0.250. The van der Waals surface area contributed by atoms with Crippen LogP contribution in [-0.2, 0) is 18.4 Å². The first-order chi connectivity index (χ1) is 14.1. The van der Waals surface area contributed by atoms with E-state index in [1.165, 1.54) is 32.2 Å². The number of aliphatic hydroxyl groups is 1. The summed E-state index contributed by atoms with van der Waals surface area (Å²) in [6, 6.07) is 9.09. The predicted molar refractivity (Wildman–Crippen MR) is 106 cm³/mol. The SMILES string of the molecule is C[C@H](O)c1cccc2c1OC(F)(F)C(=O)N2Cc1nc2cccc(Cl)c2c(=O)n1C. The molecule has 4 rings (SSSR count). The molecule has 2 aromatic carbocycles. The number of rotatable bonds is 3. The van der Waals surface area contributed by atoms with Gasteiger partial charge in [0.05, 0.1) is 34.3 Å². The molecule has 0 unspecified atom stereocenters. The van der Waals surface area contributed by atoms with Crippen LogP contribution in [0.2, 0.25) is 5.02 Å². The number of carbonyl (C=O) groups is 1. The smallest absolute Gasteiger partial charge is 0.423 e. The summed E-state index contributed by atoms with van der Waals surface area (Å²) in [7, 11) is 1.42. The summed E-state index contributed by atoms with van der Waals surface area (Å²) in [4.78, 5) is 30.3. The summed E-state index contributed by atoms with van der Waals surface area (Å²) in [6.45, 7) is 0.985. The molecule has 1 atom stereocenters. The summed E-state index contributed by atoms with van der Waals surface area (Å²) in [6.07, 6.45) is -5.24. The zero-order valence-corrected chi connectivity index (χ0v) is 16.7. The number of carbonyl (C=O) groups excluding carboxylic acids is 1. The third-order valence-electron chi connectivity index (χ3n) is 4.94. The van der Waals surface area contributed by atoms with E-state index in [1.54, 1.807) is 18.2 Å². The van der Waals surface area contributed by atoms with Crippen LogP contribution in [0.3, 0.4) is 0 Å². The summed E-state index contributed by atoms with van der Waals surface area (Å²) in [5.74, 6) is -1.82. The Morgan fingerprint density at radius 2 is 1.93 bits per heavy atom. The molecule has 1 amide bonds. The fourth-order valence-corrected chi connectivity index (χ4v) is 3.64. The lowest BCUT2D eigenvalue weighted by molar-refractivity contribution is -0.193. The summed E-state index contributed by atoms with van der Waals surface area (Å²) >= 11 is 6.10. The monoisotopic (exact) mass is 435 g/mol. The van der Waals surface area contributed by atoms with Gasteiger partial charge in [-0.2, -0.15) is 8.78 Å². The van der Waals surface area contributed by atoms with Gasteiger partial charge in [-0.1, -0.05) is 29.8 Å². The van der Waals surface area contributed by atoms with Crippen molar-refractivity contribution in [1.82, 2.24) is 9.55 Å². The molecule has 1 aromatic heterocycles.